The number of hydrogen-bond donors (Lipinski definition) is 8. The van der Waals surface area contributed by atoms with Crippen LogP contribution in [0.15, 0.2) is 12.2 Å². The Morgan fingerprint density at radius 3 is 1.24 bits per heavy atom. The first-order valence-corrected chi connectivity index (χ1v) is 29.1. The van der Waals surface area contributed by atoms with Crippen molar-refractivity contribution in [3.8, 4) is 0 Å². The second-order valence-electron chi connectivity index (χ2n) is 20.7. The van der Waals surface area contributed by atoms with Crippen LogP contribution in [0.3, 0.4) is 0 Å². The molecule has 9 unspecified atom stereocenters. The maximum absolute atomic E-state index is 13.2. The van der Waals surface area contributed by atoms with Gasteiger partial charge in [-0.15, -0.1) is 0 Å². The fourth-order valence-corrected chi connectivity index (χ4v) is 9.56. The Kier molecular flexibility index (Phi) is 44.7. The molecule has 0 bridgehead atoms. The fraction of sp³-hybridized carbons (Fsp3) is 0.947. The Morgan fingerprint density at radius 1 is 0.500 bits per heavy atom. The first-order chi connectivity index (χ1) is 33.2. The van der Waals surface area contributed by atoms with Gasteiger partial charge in [0.1, 0.15) is 36.6 Å². The molecule has 1 heterocycles. The topological polar surface area (TPSA) is 189 Å². The lowest BCUT2D eigenvalue weighted by Gasteiger charge is -2.40. The molecular formula is C57H111NO10. The fourth-order valence-electron chi connectivity index (χ4n) is 9.56. The molecule has 0 aromatic heterocycles. The number of nitrogens with one attached hydrogen (secondary N) is 1. The van der Waals surface area contributed by atoms with E-state index in [1.54, 1.807) is 0 Å². The van der Waals surface area contributed by atoms with E-state index in [1.807, 2.05) is 0 Å². The van der Waals surface area contributed by atoms with E-state index in [0.717, 1.165) is 51.4 Å². The van der Waals surface area contributed by atoms with Gasteiger partial charge in [0.2, 0.25) is 5.91 Å². The van der Waals surface area contributed by atoms with Gasteiger partial charge in [0.25, 0.3) is 0 Å². The van der Waals surface area contributed by atoms with Crippen molar-refractivity contribution in [2.75, 3.05) is 13.2 Å². The Morgan fingerprint density at radius 2 is 0.853 bits per heavy atom. The van der Waals surface area contributed by atoms with Crippen molar-refractivity contribution in [3.63, 3.8) is 0 Å². The molecule has 0 spiro atoms. The number of hydrogen-bond acceptors (Lipinski definition) is 10. The van der Waals surface area contributed by atoms with Crippen molar-refractivity contribution in [1.29, 1.82) is 0 Å². The number of amides is 1. The molecule has 8 N–H and O–H groups in total. The van der Waals surface area contributed by atoms with Crippen LogP contribution < -0.4 is 5.32 Å². The van der Waals surface area contributed by atoms with Crippen LogP contribution in [0.25, 0.3) is 0 Å². The first-order valence-electron chi connectivity index (χ1n) is 29.1. The number of unbranched alkanes of at least 4 members (excludes halogenated alkanes) is 36. The molecule has 0 saturated carbocycles. The number of carbonyl (C=O) groups is 1. The molecule has 1 saturated heterocycles. The lowest BCUT2D eigenvalue weighted by atomic mass is 9.98. The zero-order valence-corrected chi connectivity index (χ0v) is 44.1. The highest BCUT2D eigenvalue weighted by molar-refractivity contribution is 5.80. The van der Waals surface area contributed by atoms with Crippen LogP contribution >= 0.6 is 0 Å². The molecular weight excluding hydrogens is 859 g/mol. The van der Waals surface area contributed by atoms with Gasteiger partial charge in [-0.25, -0.2) is 0 Å². The van der Waals surface area contributed by atoms with E-state index in [1.165, 1.54) is 186 Å². The molecule has 0 aliphatic carbocycles. The summed E-state index contributed by atoms with van der Waals surface area (Å²) >= 11 is 0. The van der Waals surface area contributed by atoms with Crippen molar-refractivity contribution in [3.05, 3.63) is 12.2 Å². The predicted molar refractivity (Wildman–Crippen MR) is 279 cm³/mol. The summed E-state index contributed by atoms with van der Waals surface area (Å²) in [7, 11) is 0. The van der Waals surface area contributed by atoms with Gasteiger partial charge in [-0.1, -0.05) is 251 Å². The lowest BCUT2D eigenvalue weighted by molar-refractivity contribution is -0.303. The summed E-state index contributed by atoms with van der Waals surface area (Å²) in [6.07, 6.45) is 42.6. The third-order valence-corrected chi connectivity index (χ3v) is 14.3. The van der Waals surface area contributed by atoms with E-state index in [9.17, 15) is 40.5 Å². The summed E-state index contributed by atoms with van der Waals surface area (Å²) in [4.78, 5) is 13.2. The largest absolute Gasteiger partial charge is 0.394 e. The van der Waals surface area contributed by atoms with Gasteiger partial charge >= 0.3 is 0 Å². The maximum Gasteiger partial charge on any atom is 0.249 e. The van der Waals surface area contributed by atoms with Gasteiger partial charge in [0.15, 0.2) is 6.29 Å². The summed E-state index contributed by atoms with van der Waals surface area (Å²) < 4.78 is 11.1. The summed E-state index contributed by atoms with van der Waals surface area (Å²) in [6, 6.07) is -1.17. The Hall–Kier alpha value is -1.15. The molecule has 1 amide bonds. The third-order valence-electron chi connectivity index (χ3n) is 14.3. The van der Waals surface area contributed by atoms with Crippen LogP contribution in [0.2, 0.25) is 0 Å². The zero-order chi connectivity index (χ0) is 49.7. The summed E-state index contributed by atoms with van der Waals surface area (Å²) in [5.41, 5.74) is 0. The average molecular weight is 971 g/mol. The first kappa shape index (κ1) is 64.9. The molecule has 0 radical (unpaired) electrons. The predicted octanol–water partition coefficient (Wildman–Crippen LogP) is 12.0. The average Bonchev–Trinajstić information content (AvgIpc) is 3.34. The van der Waals surface area contributed by atoms with Crippen LogP contribution in [-0.4, -0.2) is 110 Å². The van der Waals surface area contributed by atoms with Gasteiger partial charge in [0, 0.05) is 0 Å². The highest BCUT2D eigenvalue weighted by Gasteiger charge is 2.44. The second kappa shape index (κ2) is 46.9. The van der Waals surface area contributed by atoms with Crippen molar-refractivity contribution in [2.45, 2.75) is 332 Å². The molecule has 0 aromatic carbocycles. The number of aliphatic hydroxyl groups excluding tert-OH is 7. The van der Waals surface area contributed by atoms with Crippen molar-refractivity contribution >= 4 is 5.91 Å². The highest BCUT2D eigenvalue weighted by atomic mass is 16.7. The summed E-state index contributed by atoms with van der Waals surface area (Å²) in [5.74, 6) is -0.697. The number of carbonyl (C=O) groups excluding carboxylic acids is 1. The van der Waals surface area contributed by atoms with Crippen LogP contribution in [0.5, 0.6) is 0 Å². The van der Waals surface area contributed by atoms with Crippen LogP contribution in [0.1, 0.15) is 277 Å². The van der Waals surface area contributed by atoms with E-state index in [2.05, 4.69) is 31.3 Å². The van der Waals surface area contributed by atoms with E-state index in [-0.39, 0.29) is 6.42 Å². The Balaban J connectivity index is 2.32. The minimum absolute atomic E-state index is 0.256. The minimum Gasteiger partial charge on any atom is -0.394 e. The van der Waals surface area contributed by atoms with Gasteiger partial charge < -0.3 is 50.5 Å². The minimum atomic E-state index is -1.66. The van der Waals surface area contributed by atoms with Crippen molar-refractivity contribution < 1.29 is 50.0 Å². The molecule has 11 nitrogen and oxygen atoms in total. The standard InChI is InChI=1S/C57H111NO10/c1-3-5-7-9-11-13-15-17-19-21-23-24-25-27-29-31-33-35-37-39-41-43-45-50(61)56(66)58-48(47-67-57-55(65)54(64)53(63)51(46-59)68-57)52(62)49(60)44-42-40-38-36-34-32-30-28-26-22-20-18-16-14-12-10-8-6-4-2/h27,29,48-55,57,59-65H,3-26,28,30-47H2,1-2H3,(H,58,66)/b29-27-. The SMILES string of the molecule is CCCCCCCCCCCCCC/C=C\CCCCCCCCC(O)C(=O)NC(COC1OC(CO)C(O)C(O)C1O)C(O)C(O)CCCCCCCCCCCCCCCCCCCCC. The molecule has 0 aromatic rings. The second-order valence-corrected chi connectivity index (χ2v) is 20.7. The zero-order valence-electron chi connectivity index (χ0n) is 44.1. The molecule has 1 rings (SSSR count). The Bertz CT molecular complexity index is 1110. The third kappa shape index (κ3) is 35.1. The van der Waals surface area contributed by atoms with E-state index >= 15 is 0 Å². The lowest BCUT2D eigenvalue weighted by Crippen LogP contribution is -2.60. The molecule has 1 aliphatic heterocycles. The number of ether oxygens (including phenoxy) is 2. The summed E-state index contributed by atoms with van der Waals surface area (Å²) in [6.45, 7) is 3.49. The molecule has 1 aliphatic rings. The van der Waals surface area contributed by atoms with Gasteiger partial charge in [-0.2, -0.15) is 0 Å². The quantitative estimate of drug-likeness (QED) is 0.0215. The van der Waals surface area contributed by atoms with Gasteiger partial charge in [0.05, 0.1) is 25.4 Å². The van der Waals surface area contributed by atoms with E-state index < -0.39 is 74.2 Å². The normalized spacial score (nSPS) is 20.5. The van der Waals surface area contributed by atoms with Gasteiger partial charge in [-0.05, 0) is 38.5 Å². The molecule has 68 heavy (non-hydrogen) atoms. The highest BCUT2D eigenvalue weighted by Crippen LogP contribution is 2.23. The number of rotatable bonds is 50. The maximum atomic E-state index is 13.2. The molecule has 404 valence electrons. The monoisotopic (exact) mass is 970 g/mol. The van der Waals surface area contributed by atoms with E-state index in [4.69, 9.17) is 9.47 Å². The molecule has 1 fully saturated rings. The molecule has 11 heteroatoms. The van der Waals surface area contributed by atoms with Crippen LogP contribution in [0, 0.1) is 0 Å². The van der Waals surface area contributed by atoms with Gasteiger partial charge in [-0.3, -0.25) is 4.79 Å². The van der Waals surface area contributed by atoms with Crippen LogP contribution in [0.4, 0.5) is 0 Å². The smallest absolute Gasteiger partial charge is 0.249 e. The van der Waals surface area contributed by atoms with E-state index in [0.29, 0.717) is 19.3 Å². The summed E-state index contributed by atoms with van der Waals surface area (Å²) in [5, 5.41) is 76.2. The van der Waals surface area contributed by atoms with Crippen molar-refractivity contribution in [1.82, 2.24) is 5.32 Å². The number of allylic oxidation sites excluding steroid dienone is 2. The molecule has 9 atom stereocenters. The van der Waals surface area contributed by atoms with Crippen molar-refractivity contribution in [2.24, 2.45) is 0 Å². The number of aliphatic hydroxyl groups is 7. The van der Waals surface area contributed by atoms with Crippen LogP contribution in [-0.2, 0) is 14.3 Å². The Labute approximate surface area is 417 Å².